The number of aromatic amines is 1. The smallest absolute Gasteiger partial charge is 0.270 e. The van der Waals surface area contributed by atoms with E-state index in [9.17, 15) is 4.79 Å². The number of H-pyrrole nitrogens is 1. The lowest BCUT2D eigenvalue weighted by atomic mass is 10.2. The van der Waals surface area contributed by atoms with Gasteiger partial charge in [0, 0.05) is 29.7 Å². The first-order valence-electron chi connectivity index (χ1n) is 6.29. The van der Waals surface area contributed by atoms with Gasteiger partial charge in [0.1, 0.15) is 5.69 Å². The average Bonchev–Trinajstić information content (AvgIpc) is 2.64. The van der Waals surface area contributed by atoms with Gasteiger partial charge in [0.05, 0.1) is 0 Å². The van der Waals surface area contributed by atoms with Crippen LogP contribution in [0.2, 0.25) is 0 Å². The number of carbonyl (C=O) groups excluding carboxylic acids is 1. The highest BCUT2D eigenvalue weighted by Crippen LogP contribution is 2.17. The molecule has 0 spiro atoms. The van der Waals surface area contributed by atoms with E-state index in [-0.39, 0.29) is 5.91 Å². The summed E-state index contributed by atoms with van der Waals surface area (Å²) in [5.74, 6) is 2.34. The number of nitrogens with zero attached hydrogens (tertiary/aromatic N) is 1. The Kier molecular flexibility index (Phi) is 3.28. The summed E-state index contributed by atoms with van der Waals surface area (Å²) in [6, 6.07) is 9.96. The van der Waals surface area contributed by atoms with Gasteiger partial charge >= 0.3 is 0 Å². The molecule has 0 bridgehead atoms. The maximum absolute atomic E-state index is 12.4. The Morgan fingerprint density at radius 1 is 1.22 bits per heavy atom. The fraction of sp³-hybridized carbons (Fsp3) is 0.357. The third-order valence-corrected chi connectivity index (χ3v) is 4.32. The zero-order valence-electron chi connectivity index (χ0n) is 10.2. The lowest BCUT2D eigenvalue weighted by Crippen LogP contribution is -2.33. The predicted molar refractivity (Wildman–Crippen MR) is 76.1 cm³/mol. The summed E-state index contributed by atoms with van der Waals surface area (Å²) in [5, 5.41) is 1.10. The summed E-state index contributed by atoms with van der Waals surface area (Å²) in [6.07, 6.45) is 1.09. The second kappa shape index (κ2) is 5.06. The molecule has 2 aromatic rings. The minimum absolute atomic E-state index is 0.133. The van der Waals surface area contributed by atoms with E-state index in [1.54, 1.807) is 0 Å². The summed E-state index contributed by atoms with van der Waals surface area (Å²) in [7, 11) is 0. The average molecular weight is 260 g/mol. The third kappa shape index (κ3) is 2.25. The zero-order chi connectivity index (χ0) is 12.4. The van der Waals surface area contributed by atoms with Crippen molar-refractivity contribution in [3.63, 3.8) is 0 Å². The minimum Gasteiger partial charge on any atom is -0.351 e. The molecule has 18 heavy (non-hydrogen) atoms. The molecule has 1 saturated heterocycles. The molecule has 0 atom stereocenters. The molecule has 0 radical (unpaired) electrons. The SMILES string of the molecule is O=C(c1cc2ccccc2[nH]1)N1CCCSCC1. The standard InChI is InChI=1S/C14H16N2OS/c17-14(16-6-3-8-18-9-7-16)13-10-11-4-1-2-5-12(11)15-13/h1-2,4-5,10,15H,3,6-9H2. The maximum Gasteiger partial charge on any atom is 0.270 e. The molecule has 1 aliphatic rings. The highest BCUT2D eigenvalue weighted by molar-refractivity contribution is 7.99. The molecule has 0 aliphatic carbocycles. The van der Waals surface area contributed by atoms with Crippen LogP contribution < -0.4 is 0 Å². The second-order valence-electron chi connectivity index (χ2n) is 4.53. The molecule has 94 valence electrons. The van der Waals surface area contributed by atoms with Gasteiger partial charge in [0.25, 0.3) is 5.91 Å². The first-order valence-corrected chi connectivity index (χ1v) is 7.45. The first-order chi connectivity index (χ1) is 8.84. The van der Waals surface area contributed by atoms with Crippen LogP contribution in [0.1, 0.15) is 16.9 Å². The van der Waals surface area contributed by atoms with Crippen molar-refractivity contribution >= 4 is 28.6 Å². The fourth-order valence-electron chi connectivity index (χ4n) is 2.31. The van der Waals surface area contributed by atoms with Crippen LogP contribution in [-0.4, -0.2) is 40.4 Å². The van der Waals surface area contributed by atoms with Crippen LogP contribution >= 0.6 is 11.8 Å². The molecule has 2 heterocycles. The van der Waals surface area contributed by atoms with E-state index < -0.39 is 0 Å². The first kappa shape index (κ1) is 11.7. The van der Waals surface area contributed by atoms with Crippen LogP contribution in [0.25, 0.3) is 10.9 Å². The number of nitrogens with one attached hydrogen (secondary N) is 1. The van der Waals surface area contributed by atoms with E-state index in [4.69, 9.17) is 0 Å². The number of fused-ring (bicyclic) bond motifs is 1. The van der Waals surface area contributed by atoms with Gasteiger partial charge in [0.15, 0.2) is 0 Å². The molecule has 0 unspecified atom stereocenters. The Labute approximate surface area is 111 Å². The van der Waals surface area contributed by atoms with E-state index in [2.05, 4.69) is 4.98 Å². The maximum atomic E-state index is 12.4. The van der Waals surface area contributed by atoms with Crippen LogP contribution in [0.3, 0.4) is 0 Å². The second-order valence-corrected chi connectivity index (χ2v) is 5.75. The van der Waals surface area contributed by atoms with Crippen LogP contribution in [0, 0.1) is 0 Å². The summed E-state index contributed by atoms with van der Waals surface area (Å²) in [5.41, 5.74) is 1.74. The fourth-order valence-corrected chi connectivity index (χ4v) is 3.19. The van der Waals surface area contributed by atoms with E-state index in [1.165, 1.54) is 0 Å². The number of aromatic nitrogens is 1. The Hall–Kier alpha value is -1.42. The van der Waals surface area contributed by atoms with Crippen molar-refractivity contribution < 1.29 is 4.79 Å². The third-order valence-electron chi connectivity index (χ3n) is 3.27. The minimum atomic E-state index is 0.133. The lowest BCUT2D eigenvalue weighted by Gasteiger charge is -2.18. The number of thioether (sulfide) groups is 1. The molecule has 1 aromatic heterocycles. The van der Waals surface area contributed by atoms with Crippen molar-refractivity contribution in [3.05, 3.63) is 36.0 Å². The number of hydrogen-bond donors (Lipinski definition) is 1. The number of hydrogen-bond acceptors (Lipinski definition) is 2. The summed E-state index contributed by atoms with van der Waals surface area (Å²) in [4.78, 5) is 17.6. The number of rotatable bonds is 1. The molecular formula is C14H16N2OS. The Morgan fingerprint density at radius 2 is 2.11 bits per heavy atom. The van der Waals surface area contributed by atoms with Gasteiger partial charge in [-0.15, -0.1) is 0 Å². The Balaban J connectivity index is 1.86. The molecule has 3 rings (SSSR count). The molecule has 3 nitrogen and oxygen atoms in total. The van der Waals surface area contributed by atoms with Gasteiger partial charge in [-0.1, -0.05) is 18.2 Å². The summed E-state index contributed by atoms with van der Waals surface area (Å²) in [6.45, 7) is 1.74. The van der Waals surface area contributed by atoms with Crippen molar-refractivity contribution in [2.45, 2.75) is 6.42 Å². The predicted octanol–water partition coefficient (Wildman–Crippen LogP) is 2.75. The van der Waals surface area contributed by atoms with Gasteiger partial charge in [-0.05, 0) is 24.3 Å². The molecular weight excluding hydrogens is 244 g/mol. The van der Waals surface area contributed by atoms with E-state index >= 15 is 0 Å². The molecule has 0 saturated carbocycles. The summed E-state index contributed by atoms with van der Waals surface area (Å²) >= 11 is 1.93. The largest absolute Gasteiger partial charge is 0.351 e. The number of carbonyl (C=O) groups is 1. The van der Waals surface area contributed by atoms with Crippen molar-refractivity contribution in [1.29, 1.82) is 0 Å². The Bertz CT molecular complexity index is 523. The zero-order valence-corrected chi connectivity index (χ0v) is 11.0. The molecule has 1 aliphatic heterocycles. The monoisotopic (exact) mass is 260 g/mol. The van der Waals surface area contributed by atoms with Gasteiger partial charge in [-0.2, -0.15) is 11.8 Å². The topological polar surface area (TPSA) is 36.1 Å². The van der Waals surface area contributed by atoms with Crippen LogP contribution in [0.15, 0.2) is 30.3 Å². The molecule has 4 heteroatoms. The van der Waals surface area contributed by atoms with Crippen LogP contribution in [-0.2, 0) is 0 Å². The molecule has 1 amide bonds. The molecule has 1 N–H and O–H groups in total. The van der Waals surface area contributed by atoms with Crippen molar-refractivity contribution in [2.24, 2.45) is 0 Å². The van der Waals surface area contributed by atoms with Crippen LogP contribution in [0.4, 0.5) is 0 Å². The lowest BCUT2D eigenvalue weighted by molar-refractivity contribution is 0.0763. The normalized spacial score (nSPS) is 16.8. The van der Waals surface area contributed by atoms with E-state index in [1.807, 2.05) is 47.0 Å². The summed E-state index contributed by atoms with van der Waals surface area (Å²) < 4.78 is 0. The number of benzene rings is 1. The van der Waals surface area contributed by atoms with Gasteiger partial charge in [-0.3, -0.25) is 4.79 Å². The highest BCUT2D eigenvalue weighted by atomic mass is 32.2. The van der Waals surface area contributed by atoms with Gasteiger partial charge in [0.2, 0.25) is 0 Å². The van der Waals surface area contributed by atoms with Crippen molar-refractivity contribution in [2.75, 3.05) is 24.6 Å². The van der Waals surface area contributed by atoms with Gasteiger partial charge in [-0.25, -0.2) is 0 Å². The number of amides is 1. The molecule has 1 aromatic carbocycles. The van der Waals surface area contributed by atoms with Crippen LogP contribution in [0.5, 0.6) is 0 Å². The molecule has 1 fully saturated rings. The quantitative estimate of drug-likeness (QED) is 0.856. The van der Waals surface area contributed by atoms with E-state index in [0.29, 0.717) is 5.69 Å². The Morgan fingerprint density at radius 3 is 3.00 bits per heavy atom. The van der Waals surface area contributed by atoms with Gasteiger partial charge < -0.3 is 9.88 Å². The number of para-hydroxylation sites is 1. The van der Waals surface area contributed by atoms with Crippen molar-refractivity contribution in [1.82, 2.24) is 9.88 Å². The highest BCUT2D eigenvalue weighted by Gasteiger charge is 2.18. The van der Waals surface area contributed by atoms with E-state index in [0.717, 1.165) is 41.9 Å². The van der Waals surface area contributed by atoms with Crippen molar-refractivity contribution in [3.8, 4) is 0 Å².